The van der Waals surface area contributed by atoms with Gasteiger partial charge < -0.3 is 9.26 Å². The molecule has 0 fully saturated rings. The van der Waals surface area contributed by atoms with Gasteiger partial charge in [-0.15, -0.1) is 18.3 Å². The van der Waals surface area contributed by atoms with Crippen molar-refractivity contribution in [2.45, 2.75) is 33.7 Å². The molecule has 0 amide bonds. The molecule has 0 saturated carbocycles. The molecule has 4 rings (SSSR count). The van der Waals surface area contributed by atoms with Gasteiger partial charge in [-0.3, -0.25) is 0 Å². The molecule has 0 aliphatic heterocycles. The molecule has 0 aliphatic rings. The van der Waals surface area contributed by atoms with Crippen LogP contribution in [-0.2, 0) is 6.54 Å². The summed E-state index contributed by atoms with van der Waals surface area (Å²) in [6.45, 7) is 5.69. The van der Waals surface area contributed by atoms with E-state index < -0.39 is 12.1 Å². The molecule has 0 saturated heterocycles. The van der Waals surface area contributed by atoms with Gasteiger partial charge in [-0.05, 0) is 42.3 Å². The summed E-state index contributed by atoms with van der Waals surface area (Å²) in [5.41, 5.74) is 1.23. The van der Waals surface area contributed by atoms with Crippen LogP contribution in [0, 0.1) is 6.92 Å². The van der Waals surface area contributed by atoms with E-state index in [9.17, 15) is 18.0 Å². The van der Waals surface area contributed by atoms with Crippen LogP contribution in [0.4, 0.5) is 13.2 Å². The zero-order valence-corrected chi connectivity index (χ0v) is 16.3. The minimum Gasteiger partial charge on any atom is -0.406 e. The largest absolute Gasteiger partial charge is 0.573 e. The zero-order chi connectivity index (χ0) is 21.9. The van der Waals surface area contributed by atoms with Crippen LogP contribution in [0.15, 0.2) is 51.9 Å². The number of fused-ring (bicyclic) bond motifs is 1. The minimum atomic E-state index is -4.75. The Bertz CT molecular complexity index is 1190. The normalized spacial score (nSPS) is 11.3. The van der Waals surface area contributed by atoms with Crippen LogP contribution < -0.4 is 10.4 Å². The fraction of sp³-hybridized carbons (Fsp3) is 0.263. The van der Waals surface area contributed by atoms with Crippen molar-refractivity contribution < 1.29 is 22.4 Å². The molecule has 3 aromatic heterocycles. The Labute approximate surface area is 168 Å². The van der Waals surface area contributed by atoms with Gasteiger partial charge in [0.25, 0.3) is 0 Å². The first-order valence-corrected chi connectivity index (χ1v) is 9.03. The van der Waals surface area contributed by atoms with Crippen molar-refractivity contribution in [2.24, 2.45) is 0 Å². The van der Waals surface area contributed by atoms with Crippen LogP contribution in [0.25, 0.3) is 16.8 Å². The molecule has 8 nitrogen and oxygen atoms in total. The average molecular weight is 421 g/mol. The molecule has 0 aliphatic carbocycles. The number of pyridine rings is 1. The third kappa shape index (κ3) is 4.67. The average Bonchev–Trinajstić information content (AvgIpc) is 3.26. The van der Waals surface area contributed by atoms with Gasteiger partial charge in [0.1, 0.15) is 12.3 Å². The number of benzene rings is 1. The highest BCUT2D eigenvalue weighted by Crippen LogP contribution is 2.26. The van der Waals surface area contributed by atoms with Gasteiger partial charge in [0.2, 0.25) is 5.89 Å². The lowest BCUT2D eigenvalue weighted by atomic mass is 10.1. The number of hydrogen-bond donors (Lipinski definition) is 0. The van der Waals surface area contributed by atoms with E-state index in [2.05, 4.69) is 20.0 Å². The van der Waals surface area contributed by atoms with Crippen LogP contribution in [0.2, 0.25) is 0 Å². The Morgan fingerprint density at radius 1 is 1.07 bits per heavy atom. The Hall–Kier alpha value is -3.63. The van der Waals surface area contributed by atoms with E-state index in [1.54, 1.807) is 25.3 Å². The first-order chi connectivity index (χ1) is 14.3. The monoisotopic (exact) mass is 421 g/mol. The number of aryl methyl sites for hydroxylation is 1. The molecule has 4 aromatic rings. The standard InChI is InChI=1S/C17H12F3N5O3.C2H6/c1-10-21-15(28-23-10)9-25-16(26)24-8-12(4-7-14(24)22-25)11-2-5-13(6-3-11)27-17(18,19)20;1-2/h2-8H,9H2,1H3;1-2H3. The number of aromatic nitrogens is 5. The van der Waals surface area contributed by atoms with Gasteiger partial charge in [0.15, 0.2) is 11.5 Å². The van der Waals surface area contributed by atoms with E-state index in [1.807, 2.05) is 13.8 Å². The van der Waals surface area contributed by atoms with E-state index in [1.165, 1.54) is 33.3 Å². The molecule has 30 heavy (non-hydrogen) atoms. The smallest absolute Gasteiger partial charge is 0.406 e. The molecule has 0 unspecified atom stereocenters. The second kappa shape index (κ2) is 8.39. The van der Waals surface area contributed by atoms with Crippen molar-refractivity contribution in [2.75, 3.05) is 0 Å². The molecule has 0 N–H and O–H groups in total. The van der Waals surface area contributed by atoms with Crippen LogP contribution in [-0.4, -0.2) is 30.7 Å². The molecule has 1 aromatic carbocycles. The van der Waals surface area contributed by atoms with Crippen LogP contribution in [0.5, 0.6) is 5.75 Å². The summed E-state index contributed by atoms with van der Waals surface area (Å²) >= 11 is 0. The number of nitrogens with zero attached hydrogens (tertiary/aromatic N) is 5. The predicted octanol–water partition coefficient (Wildman–Crippen LogP) is 3.83. The Morgan fingerprint density at radius 3 is 2.33 bits per heavy atom. The fourth-order valence-electron chi connectivity index (χ4n) is 2.67. The molecule has 0 radical (unpaired) electrons. The van der Waals surface area contributed by atoms with Crippen LogP contribution in [0.3, 0.4) is 0 Å². The van der Waals surface area contributed by atoms with E-state index in [4.69, 9.17) is 4.52 Å². The molecular weight excluding hydrogens is 403 g/mol. The van der Waals surface area contributed by atoms with Crippen molar-refractivity contribution in [1.82, 2.24) is 24.3 Å². The highest BCUT2D eigenvalue weighted by atomic mass is 19.4. The maximum Gasteiger partial charge on any atom is 0.573 e. The maximum atomic E-state index is 12.6. The quantitative estimate of drug-likeness (QED) is 0.498. The summed E-state index contributed by atoms with van der Waals surface area (Å²) in [6.07, 6.45) is -3.20. The molecule has 11 heteroatoms. The summed E-state index contributed by atoms with van der Waals surface area (Å²) in [6, 6.07) is 8.70. The summed E-state index contributed by atoms with van der Waals surface area (Å²) in [5.74, 6) is 0.382. The first kappa shape index (κ1) is 21.1. The predicted molar refractivity (Wildman–Crippen MR) is 101 cm³/mol. The summed E-state index contributed by atoms with van der Waals surface area (Å²) in [7, 11) is 0. The number of rotatable bonds is 4. The van der Waals surface area contributed by atoms with Gasteiger partial charge in [0, 0.05) is 6.20 Å². The highest BCUT2D eigenvalue weighted by molar-refractivity contribution is 5.65. The summed E-state index contributed by atoms with van der Waals surface area (Å²) in [4.78, 5) is 16.6. The third-order valence-electron chi connectivity index (χ3n) is 3.85. The zero-order valence-electron chi connectivity index (χ0n) is 16.3. The Balaban J connectivity index is 0.00000124. The molecule has 3 heterocycles. The number of hydrogen-bond acceptors (Lipinski definition) is 6. The first-order valence-electron chi connectivity index (χ1n) is 9.03. The van der Waals surface area contributed by atoms with Gasteiger partial charge in [-0.2, -0.15) is 4.98 Å². The Morgan fingerprint density at radius 2 is 1.73 bits per heavy atom. The van der Waals surface area contributed by atoms with Crippen LogP contribution >= 0.6 is 0 Å². The van der Waals surface area contributed by atoms with Crippen molar-refractivity contribution >= 4 is 5.65 Å². The molecule has 158 valence electrons. The third-order valence-corrected chi connectivity index (χ3v) is 3.85. The number of alkyl halides is 3. The van der Waals surface area contributed by atoms with Crippen molar-refractivity contribution in [1.29, 1.82) is 0 Å². The maximum absolute atomic E-state index is 12.6. The lowest BCUT2D eigenvalue weighted by Crippen LogP contribution is -2.21. The van der Waals surface area contributed by atoms with E-state index in [0.29, 0.717) is 22.6 Å². The van der Waals surface area contributed by atoms with Gasteiger partial charge in [-0.1, -0.05) is 31.1 Å². The van der Waals surface area contributed by atoms with Gasteiger partial charge >= 0.3 is 12.1 Å². The second-order valence-corrected chi connectivity index (χ2v) is 5.89. The SMILES string of the molecule is CC.Cc1noc(Cn2nc3ccc(-c4ccc(OC(F)(F)F)cc4)cn3c2=O)n1. The van der Waals surface area contributed by atoms with E-state index in [-0.39, 0.29) is 18.2 Å². The van der Waals surface area contributed by atoms with Gasteiger partial charge in [0.05, 0.1) is 0 Å². The lowest BCUT2D eigenvalue weighted by Gasteiger charge is -2.09. The number of halogens is 3. The lowest BCUT2D eigenvalue weighted by molar-refractivity contribution is -0.274. The molecule has 0 atom stereocenters. The molecular formula is C19H18F3N5O3. The second-order valence-electron chi connectivity index (χ2n) is 5.89. The Kier molecular flexibility index (Phi) is 5.90. The fourth-order valence-corrected chi connectivity index (χ4v) is 2.67. The topological polar surface area (TPSA) is 87.5 Å². The van der Waals surface area contributed by atoms with Crippen molar-refractivity contribution in [3.8, 4) is 16.9 Å². The summed E-state index contributed by atoms with van der Waals surface area (Å²) < 4.78 is 48.1. The van der Waals surface area contributed by atoms with Crippen molar-refractivity contribution in [3.05, 3.63) is 64.8 Å². The number of ether oxygens (including phenoxy) is 1. The van der Waals surface area contributed by atoms with E-state index in [0.717, 1.165) is 0 Å². The van der Waals surface area contributed by atoms with E-state index >= 15 is 0 Å². The van der Waals surface area contributed by atoms with Gasteiger partial charge in [-0.25, -0.2) is 13.9 Å². The highest BCUT2D eigenvalue weighted by Gasteiger charge is 2.30. The minimum absolute atomic E-state index is 0.0279. The van der Waals surface area contributed by atoms with Crippen LogP contribution in [0.1, 0.15) is 25.6 Å². The molecule has 0 spiro atoms. The molecule has 0 bridgehead atoms. The summed E-state index contributed by atoms with van der Waals surface area (Å²) in [5, 5.41) is 7.86. The van der Waals surface area contributed by atoms with Crippen molar-refractivity contribution in [3.63, 3.8) is 0 Å².